The number of fused-ring (bicyclic) bond motifs is 1. The number of para-hydroxylation sites is 1. The Kier molecular flexibility index (Phi) is 3.78. The number of hydrogen-bond donors (Lipinski definition) is 3. The Morgan fingerprint density at radius 3 is 2.95 bits per heavy atom. The number of H-pyrrole nitrogens is 1. The molecule has 0 radical (unpaired) electrons. The number of halogens is 1. The number of aromatic amines is 1. The number of aromatic nitrogens is 1. The van der Waals surface area contributed by atoms with Gasteiger partial charge in [-0.1, -0.05) is 29.8 Å². The lowest BCUT2D eigenvalue weighted by atomic mass is 9.93. The highest BCUT2D eigenvalue weighted by atomic mass is 35.5. The van der Waals surface area contributed by atoms with Gasteiger partial charge in [-0.05, 0) is 31.7 Å². The molecule has 1 heterocycles. The quantitative estimate of drug-likeness (QED) is 0.807. The highest BCUT2D eigenvalue weighted by Crippen LogP contribution is 2.27. The topological polar surface area (TPSA) is 48.0 Å². The van der Waals surface area contributed by atoms with Crippen LogP contribution in [0.25, 0.3) is 10.9 Å². The Morgan fingerprint density at radius 1 is 1.32 bits per heavy atom. The second-order valence-corrected chi connectivity index (χ2v) is 5.74. The van der Waals surface area contributed by atoms with Crippen LogP contribution in [0.2, 0.25) is 5.02 Å². The molecule has 102 valence electrons. The van der Waals surface area contributed by atoms with Crippen molar-refractivity contribution in [3.8, 4) is 0 Å². The minimum atomic E-state index is -0.149. The van der Waals surface area contributed by atoms with Crippen molar-refractivity contribution in [3.05, 3.63) is 35.0 Å². The van der Waals surface area contributed by atoms with E-state index in [1.165, 1.54) is 0 Å². The average Bonchev–Trinajstić information content (AvgIpc) is 2.74. The predicted octanol–water partition coefficient (Wildman–Crippen LogP) is 3.21. The van der Waals surface area contributed by atoms with Crippen molar-refractivity contribution in [2.45, 2.75) is 44.4 Å². The van der Waals surface area contributed by atoms with Gasteiger partial charge in [0.15, 0.2) is 0 Å². The minimum absolute atomic E-state index is 0.149. The van der Waals surface area contributed by atoms with Crippen LogP contribution in [0, 0.1) is 0 Å². The van der Waals surface area contributed by atoms with E-state index in [0.717, 1.165) is 53.8 Å². The number of benzene rings is 1. The zero-order valence-corrected chi connectivity index (χ0v) is 11.6. The molecule has 2 unspecified atom stereocenters. The van der Waals surface area contributed by atoms with Gasteiger partial charge in [0.1, 0.15) is 0 Å². The Hall–Kier alpha value is -1.03. The molecule has 3 nitrogen and oxygen atoms in total. The summed E-state index contributed by atoms with van der Waals surface area (Å²) in [6.07, 6.45) is 3.86. The average molecular weight is 279 g/mol. The fourth-order valence-corrected chi connectivity index (χ4v) is 3.16. The maximum atomic E-state index is 9.67. The third-order valence-electron chi connectivity index (χ3n) is 3.93. The van der Waals surface area contributed by atoms with E-state index in [1.807, 2.05) is 24.3 Å². The van der Waals surface area contributed by atoms with Gasteiger partial charge in [-0.2, -0.15) is 0 Å². The smallest absolute Gasteiger partial charge is 0.0705 e. The fraction of sp³-hybridized carbons (Fsp3) is 0.467. The third kappa shape index (κ3) is 2.78. The van der Waals surface area contributed by atoms with Gasteiger partial charge in [0.05, 0.1) is 11.1 Å². The van der Waals surface area contributed by atoms with Crippen LogP contribution in [0.15, 0.2) is 24.3 Å². The molecular formula is C15H19ClN2O. The molecule has 1 fully saturated rings. The maximum Gasteiger partial charge on any atom is 0.0705 e. The van der Waals surface area contributed by atoms with Gasteiger partial charge in [-0.3, -0.25) is 0 Å². The van der Waals surface area contributed by atoms with Crippen LogP contribution in [-0.4, -0.2) is 22.2 Å². The van der Waals surface area contributed by atoms with Crippen LogP contribution in [0.4, 0.5) is 0 Å². The lowest BCUT2D eigenvalue weighted by molar-refractivity contribution is 0.111. The second-order valence-electron chi connectivity index (χ2n) is 5.36. The minimum Gasteiger partial charge on any atom is -0.393 e. The molecule has 1 aromatic heterocycles. The number of rotatable bonds is 3. The summed E-state index contributed by atoms with van der Waals surface area (Å²) in [6, 6.07) is 8.46. The molecule has 19 heavy (non-hydrogen) atoms. The zero-order valence-electron chi connectivity index (χ0n) is 10.8. The summed E-state index contributed by atoms with van der Waals surface area (Å²) < 4.78 is 0. The van der Waals surface area contributed by atoms with E-state index in [-0.39, 0.29) is 6.10 Å². The summed E-state index contributed by atoms with van der Waals surface area (Å²) in [4.78, 5) is 3.36. The van der Waals surface area contributed by atoms with E-state index in [9.17, 15) is 5.11 Å². The van der Waals surface area contributed by atoms with Gasteiger partial charge in [-0.15, -0.1) is 0 Å². The summed E-state index contributed by atoms with van der Waals surface area (Å²) in [6.45, 7) is 0.727. The van der Waals surface area contributed by atoms with Crippen molar-refractivity contribution >= 4 is 22.5 Å². The summed E-state index contributed by atoms with van der Waals surface area (Å²) in [7, 11) is 0. The molecule has 2 atom stereocenters. The number of aliphatic hydroxyl groups excluding tert-OH is 1. The van der Waals surface area contributed by atoms with Crippen LogP contribution in [-0.2, 0) is 6.54 Å². The number of aliphatic hydroxyl groups is 1. The van der Waals surface area contributed by atoms with Crippen LogP contribution in [0.5, 0.6) is 0 Å². The molecule has 0 saturated heterocycles. The first-order chi connectivity index (χ1) is 9.24. The molecular weight excluding hydrogens is 260 g/mol. The molecule has 3 N–H and O–H groups in total. The van der Waals surface area contributed by atoms with Crippen molar-refractivity contribution in [2.24, 2.45) is 0 Å². The van der Waals surface area contributed by atoms with E-state index in [0.29, 0.717) is 6.04 Å². The summed E-state index contributed by atoms with van der Waals surface area (Å²) >= 11 is 6.38. The van der Waals surface area contributed by atoms with E-state index < -0.39 is 0 Å². The van der Waals surface area contributed by atoms with Gasteiger partial charge >= 0.3 is 0 Å². The monoisotopic (exact) mass is 278 g/mol. The van der Waals surface area contributed by atoms with Gasteiger partial charge in [-0.25, -0.2) is 0 Å². The third-order valence-corrected chi connectivity index (χ3v) is 4.36. The maximum absolute atomic E-state index is 9.67. The highest BCUT2D eigenvalue weighted by Gasteiger charge is 2.20. The van der Waals surface area contributed by atoms with Gasteiger partial charge < -0.3 is 15.4 Å². The fourth-order valence-electron chi connectivity index (χ4n) is 2.88. The molecule has 1 saturated carbocycles. The largest absolute Gasteiger partial charge is 0.393 e. The number of hydrogen-bond acceptors (Lipinski definition) is 2. The van der Waals surface area contributed by atoms with Crippen molar-refractivity contribution in [1.82, 2.24) is 10.3 Å². The molecule has 0 aliphatic heterocycles. The molecule has 3 rings (SSSR count). The van der Waals surface area contributed by atoms with Crippen molar-refractivity contribution < 1.29 is 5.11 Å². The Bertz CT molecular complexity index is 566. The van der Waals surface area contributed by atoms with Crippen LogP contribution < -0.4 is 5.32 Å². The Labute approximate surface area is 118 Å². The van der Waals surface area contributed by atoms with Crippen molar-refractivity contribution in [1.29, 1.82) is 0 Å². The molecule has 2 aromatic rings. The van der Waals surface area contributed by atoms with E-state index in [2.05, 4.69) is 10.3 Å². The first kappa shape index (κ1) is 13.0. The number of nitrogens with one attached hydrogen (secondary N) is 2. The summed E-state index contributed by atoms with van der Waals surface area (Å²) in [5.74, 6) is 0. The zero-order chi connectivity index (χ0) is 13.2. The van der Waals surface area contributed by atoms with Crippen LogP contribution in [0.3, 0.4) is 0 Å². The van der Waals surface area contributed by atoms with Crippen LogP contribution >= 0.6 is 11.6 Å². The molecule has 0 bridgehead atoms. The molecule has 4 heteroatoms. The van der Waals surface area contributed by atoms with E-state index >= 15 is 0 Å². The van der Waals surface area contributed by atoms with Crippen molar-refractivity contribution in [3.63, 3.8) is 0 Å². The second kappa shape index (κ2) is 5.53. The molecule has 1 aliphatic rings. The lowest BCUT2D eigenvalue weighted by Gasteiger charge is -2.26. The lowest BCUT2D eigenvalue weighted by Crippen LogP contribution is -2.35. The molecule has 1 aliphatic carbocycles. The Balaban J connectivity index is 1.69. The van der Waals surface area contributed by atoms with Gasteiger partial charge in [0.2, 0.25) is 0 Å². The molecule has 0 spiro atoms. The SMILES string of the molecule is OC1CCCC(NCc2[nH]c3ccccc3c2Cl)C1. The summed E-state index contributed by atoms with van der Waals surface area (Å²) in [5.41, 5.74) is 2.11. The Morgan fingerprint density at radius 2 is 2.16 bits per heavy atom. The standard InChI is InChI=1S/C15H19ClN2O/c16-15-12-6-1-2-7-13(12)18-14(15)9-17-10-4-3-5-11(19)8-10/h1-2,6-7,10-11,17-19H,3-5,8-9H2. The first-order valence-corrected chi connectivity index (χ1v) is 7.28. The predicted molar refractivity (Wildman–Crippen MR) is 78.4 cm³/mol. The molecule has 0 amide bonds. The first-order valence-electron chi connectivity index (χ1n) is 6.90. The van der Waals surface area contributed by atoms with Gasteiger partial charge in [0.25, 0.3) is 0 Å². The van der Waals surface area contributed by atoms with Crippen molar-refractivity contribution in [2.75, 3.05) is 0 Å². The molecule has 1 aromatic carbocycles. The van der Waals surface area contributed by atoms with E-state index in [4.69, 9.17) is 11.6 Å². The van der Waals surface area contributed by atoms with Crippen LogP contribution in [0.1, 0.15) is 31.4 Å². The van der Waals surface area contributed by atoms with E-state index in [1.54, 1.807) is 0 Å². The summed E-state index contributed by atoms with van der Waals surface area (Å²) in [5, 5.41) is 15.0. The van der Waals surface area contributed by atoms with Gasteiger partial charge in [0, 0.05) is 29.2 Å². The normalized spacial score (nSPS) is 23.9. The highest BCUT2D eigenvalue weighted by molar-refractivity contribution is 6.36.